The molecule has 106 valence electrons. The maximum atomic E-state index is 10.4. The van der Waals surface area contributed by atoms with Gasteiger partial charge < -0.3 is 9.84 Å². The lowest BCUT2D eigenvalue weighted by Gasteiger charge is -2.27. The number of nitrogens with zero attached hydrogens (tertiary/aromatic N) is 2. The van der Waals surface area contributed by atoms with E-state index in [1.54, 1.807) is 17.6 Å². The van der Waals surface area contributed by atoms with Crippen LogP contribution in [0.1, 0.15) is 11.7 Å². The number of aliphatic imine (C=N–C) groups is 1. The van der Waals surface area contributed by atoms with E-state index in [0.29, 0.717) is 11.6 Å². The van der Waals surface area contributed by atoms with Gasteiger partial charge in [-0.1, -0.05) is 12.1 Å². The number of aromatic nitrogens is 1. The molecule has 4 nitrogen and oxygen atoms in total. The number of aliphatic hydroxyl groups excluding tert-OH is 1. The number of thiazole rings is 1. The quantitative estimate of drug-likeness (QED) is 0.746. The Bertz CT molecular complexity index is 954. The van der Waals surface area contributed by atoms with Gasteiger partial charge in [0.1, 0.15) is 16.9 Å². The molecule has 0 saturated heterocycles. The van der Waals surface area contributed by atoms with Crippen LogP contribution in [0.15, 0.2) is 58.9 Å². The Morgan fingerprint density at radius 2 is 2.05 bits per heavy atom. The Morgan fingerprint density at radius 3 is 2.86 bits per heavy atom. The van der Waals surface area contributed by atoms with E-state index in [0.717, 1.165) is 31.9 Å². The third-order valence-electron chi connectivity index (χ3n) is 3.91. The van der Waals surface area contributed by atoms with Crippen molar-refractivity contribution in [3.05, 3.63) is 59.5 Å². The first-order valence-corrected chi connectivity index (χ1v) is 7.75. The molecule has 22 heavy (non-hydrogen) atoms. The van der Waals surface area contributed by atoms with Gasteiger partial charge in [-0.2, -0.15) is 0 Å². The van der Waals surface area contributed by atoms with E-state index < -0.39 is 6.10 Å². The van der Waals surface area contributed by atoms with Crippen molar-refractivity contribution in [3.8, 4) is 16.3 Å². The minimum absolute atomic E-state index is 0.521. The molecule has 1 unspecified atom stereocenters. The fourth-order valence-corrected chi connectivity index (χ4v) is 3.68. The van der Waals surface area contributed by atoms with E-state index in [1.165, 1.54) is 0 Å². The molecule has 3 heterocycles. The summed E-state index contributed by atoms with van der Waals surface area (Å²) < 4.78 is 6.81. The molecule has 5 heteroatoms. The van der Waals surface area contributed by atoms with Crippen LogP contribution in [-0.2, 0) is 0 Å². The molecule has 0 fully saturated rings. The monoisotopic (exact) mass is 306 g/mol. The molecule has 0 aliphatic carbocycles. The van der Waals surface area contributed by atoms with Gasteiger partial charge in [0.2, 0.25) is 5.88 Å². The summed E-state index contributed by atoms with van der Waals surface area (Å²) in [5.74, 6) is 1.18. The van der Waals surface area contributed by atoms with Crippen molar-refractivity contribution in [1.29, 1.82) is 0 Å². The minimum atomic E-state index is -0.675. The van der Waals surface area contributed by atoms with E-state index in [1.807, 2.05) is 36.4 Å². The first-order chi connectivity index (χ1) is 10.8. The summed E-state index contributed by atoms with van der Waals surface area (Å²) >= 11 is 1.65. The maximum Gasteiger partial charge on any atom is 0.226 e. The van der Waals surface area contributed by atoms with Crippen LogP contribution < -0.4 is 4.74 Å². The second-order valence-corrected chi connectivity index (χ2v) is 6.29. The normalized spacial score (nSPS) is 18.7. The zero-order chi connectivity index (χ0) is 14.7. The highest BCUT2D eigenvalue weighted by atomic mass is 32.1. The van der Waals surface area contributed by atoms with Gasteiger partial charge in [0.05, 0.1) is 15.8 Å². The number of ether oxygens (including phenoxy) is 1. The van der Waals surface area contributed by atoms with E-state index in [2.05, 4.69) is 16.0 Å². The largest absolute Gasteiger partial charge is 0.438 e. The number of para-hydroxylation sites is 1. The Labute approximate surface area is 130 Å². The van der Waals surface area contributed by atoms with Crippen LogP contribution >= 0.6 is 11.3 Å². The molecule has 5 rings (SSSR count). The lowest BCUT2D eigenvalue weighted by atomic mass is 9.96. The van der Waals surface area contributed by atoms with Gasteiger partial charge in [0.25, 0.3) is 0 Å². The maximum absolute atomic E-state index is 10.4. The van der Waals surface area contributed by atoms with E-state index >= 15 is 0 Å². The van der Waals surface area contributed by atoms with Gasteiger partial charge in [-0.3, -0.25) is 0 Å². The summed E-state index contributed by atoms with van der Waals surface area (Å²) in [6.07, 6.45) is 0.971. The Kier molecular flexibility index (Phi) is 2.34. The van der Waals surface area contributed by atoms with E-state index in [4.69, 9.17) is 4.74 Å². The van der Waals surface area contributed by atoms with Gasteiger partial charge in [-0.05, 0) is 30.3 Å². The van der Waals surface area contributed by atoms with Crippen LogP contribution in [0.3, 0.4) is 0 Å². The van der Waals surface area contributed by atoms with E-state index in [-0.39, 0.29) is 0 Å². The summed E-state index contributed by atoms with van der Waals surface area (Å²) in [7, 11) is 0. The highest BCUT2D eigenvalue weighted by molar-refractivity contribution is 7.21. The van der Waals surface area contributed by atoms with Crippen molar-refractivity contribution in [2.45, 2.75) is 6.10 Å². The predicted molar refractivity (Wildman–Crippen MR) is 86.2 cm³/mol. The van der Waals surface area contributed by atoms with Crippen molar-refractivity contribution < 1.29 is 9.84 Å². The average Bonchev–Trinajstić information content (AvgIpc) is 2.94. The summed E-state index contributed by atoms with van der Waals surface area (Å²) in [6.45, 7) is 0. The van der Waals surface area contributed by atoms with Crippen molar-refractivity contribution >= 4 is 27.8 Å². The zero-order valence-corrected chi connectivity index (χ0v) is 12.2. The second-order valence-electron chi connectivity index (χ2n) is 5.26. The molecule has 2 aliphatic heterocycles. The molecule has 1 aromatic heterocycles. The lowest BCUT2D eigenvalue weighted by molar-refractivity contribution is 0.196. The van der Waals surface area contributed by atoms with Crippen molar-refractivity contribution in [1.82, 2.24) is 4.98 Å². The van der Waals surface area contributed by atoms with Crippen LogP contribution in [0.5, 0.6) is 5.75 Å². The van der Waals surface area contributed by atoms with Gasteiger partial charge in [0.15, 0.2) is 0 Å². The summed E-state index contributed by atoms with van der Waals surface area (Å²) in [5.41, 5.74) is 3.49. The first-order valence-electron chi connectivity index (χ1n) is 6.94. The number of fused-ring (bicyclic) bond motifs is 2. The Morgan fingerprint density at radius 1 is 1.14 bits per heavy atom. The van der Waals surface area contributed by atoms with Crippen LogP contribution in [-0.4, -0.2) is 16.3 Å². The molecule has 2 aromatic carbocycles. The molecule has 0 saturated carbocycles. The molecule has 3 aromatic rings. The number of hydrogen-bond acceptors (Lipinski definition) is 5. The summed E-state index contributed by atoms with van der Waals surface area (Å²) in [5, 5.41) is 11.4. The molecule has 0 amide bonds. The lowest BCUT2D eigenvalue weighted by Crippen LogP contribution is -2.20. The molecular weight excluding hydrogens is 296 g/mol. The molecule has 0 spiro atoms. The number of benzene rings is 2. The van der Waals surface area contributed by atoms with Gasteiger partial charge >= 0.3 is 0 Å². The highest BCUT2D eigenvalue weighted by Gasteiger charge is 2.31. The fraction of sp³-hybridized carbons (Fsp3) is 0.0588. The Hall–Kier alpha value is -2.50. The van der Waals surface area contributed by atoms with Crippen LogP contribution in [0.25, 0.3) is 20.8 Å². The van der Waals surface area contributed by atoms with Gasteiger partial charge in [0, 0.05) is 17.3 Å². The predicted octanol–water partition coefficient (Wildman–Crippen LogP) is 3.69. The number of hydrogen-bond donors (Lipinski definition) is 1. The molecule has 1 N–H and O–H groups in total. The van der Waals surface area contributed by atoms with Gasteiger partial charge in [-0.15, -0.1) is 11.3 Å². The van der Waals surface area contributed by atoms with Crippen LogP contribution in [0, 0.1) is 0 Å². The SMILES string of the molecule is OC1C2=C(N=C2)Oc2ccc(-c3nc4ccccc4s3)cc21. The average molecular weight is 306 g/mol. The standard InChI is InChI=1S/C17H10N2O2S/c20-15-10-7-9(5-6-13(10)21-16-11(15)8-18-16)17-19-12-3-1-2-4-14(12)22-17/h1-8,15,20H. The molecular formula is C17H10N2O2S. The number of rotatable bonds is 1. The minimum Gasteiger partial charge on any atom is -0.438 e. The first kappa shape index (κ1) is 12.1. The van der Waals surface area contributed by atoms with Crippen molar-refractivity contribution in [2.75, 3.05) is 0 Å². The topological polar surface area (TPSA) is 54.7 Å². The van der Waals surface area contributed by atoms with Gasteiger partial charge in [-0.25, -0.2) is 9.98 Å². The van der Waals surface area contributed by atoms with Crippen molar-refractivity contribution in [3.63, 3.8) is 0 Å². The zero-order valence-electron chi connectivity index (χ0n) is 11.4. The summed E-state index contributed by atoms with van der Waals surface area (Å²) in [6, 6.07) is 13.9. The van der Waals surface area contributed by atoms with E-state index in [9.17, 15) is 5.11 Å². The smallest absolute Gasteiger partial charge is 0.226 e. The summed E-state index contributed by atoms with van der Waals surface area (Å²) in [4.78, 5) is 8.67. The third kappa shape index (κ3) is 1.60. The second kappa shape index (κ2) is 4.25. The van der Waals surface area contributed by atoms with Crippen molar-refractivity contribution in [2.24, 2.45) is 4.99 Å². The Balaban J connectivity index is 1.63. The molecule has 1 atom stereocenters. The molecule has 2 aliphatic rings. The molecule has 0 bridgehead atoms. The fourth-order valence-electron chi connectivity index (χ4n) is 2.72. The third-order valence-corrected chi connectivity index (χ3v) is 5.00. The number of aliphatic hydroxyl groups is 1. The van der Waals surface area contributed by atoms with Crippen LogP contribution in [0.2, 0.25) is 0 Å². The molecule has 0 radical (unpaired) electrons. The van der Waals surface area contributed by atoms with Crippen LogP contribution in [0.4, 0.5) is 0 Å². The highest BCUT2D eigenvalue weighted by Crippen LogP contribution is 2.42.